The molecule has 1 fully saturated rings. The van der Waals surface area contributed by atoms with E-state index in [4.69, 9.17) is 18.9 Å². The van der Waals surface area contributed by atoms with Crippen molar-refractivity contribution in [2.24, 2.45) is 0 Å². The Kier molecular flexibility index (Phi) is 5.33. The number of pyridine rings is 1. The van der Waals surface area contributed by atoms with Crippen LogP contribution in [0.4, 0.5) is 4.39 Å². The Morgan fingerprint density at radius 1 is 1.11 bits per heavy atom. The zero-order valence-electron chi connectivity index (χ0n) is 15.0. The molecule has 0 spiro atoms. The van der Waals surface area contributed by atoms with Gasteiger partial charge < -0.3 is 18.9 Å². The number of ether oxygens (including phenoxy) is 4. The van der Waals surface area contributed by atoms with Gasteiger partial charge in [-0.15, -0.1) is 0 Å². The largest absolute Gasteiger partial charge is 0.491 e. The lowest BCUT2D eigenvalue weighted by molar-refractivity contribution is -0.0359. The van der Waals surface area contributed by atoms with Crippen molar-refractivity contribution in [1.29, 1.82) is 0 Å². The van der Waals surface area contributed by atoms with Gasteiger partial charge in [0.1, 0.15) is 36.0 Å². The van der Waals surface area contributed by atoms with Crippen LogP contribution in [-0.4, -0.2) is 55.1 Å². The first kappa shape index (κ1) is 17.9. The SMILES string of the molecule is COC1COCC1OCCOc1ccc(-c2cnc3ccc(F)cn23)cc1. The van der Waals surface area contributed by atoms with Gasteiger partial charge in [-0.05, 0) is 36.4 Å². The zero-order chi connectivity index (χ0) is 18.6. The van der Waals surface area contributed by atoms with E-state index in [0.717, 1.165) is 17.0 Å². The minimum absolute atomic E-state index is 0.0143. The van der Waals surface area contributed by atoms with Crippen molar-refractivity contribution in [2.75, 3.05) is 33.5 Å². The van der Waals surface area contributed by atoms with Crippen molar-refractivity contribution < 1.29 is 23.3 Å². The molecule has 7 heteroatoms. The predicted octanol–water partition coefficient (Wildman–Crippen LogP) is 2.95. The molecule has 3 heterocycles. The number of aromatic nitrogens is 2. The van der Waals surface area contributed by atoms with Crippen LogP contribution in [0.1, 0.15) is 0 Å². The van der Waals surface area contributed by atoms with E-state index in [1.54, 1.807) is 23.8 Å². The van der Waals surface area contributed by atoms with Crippen LogP contribution in [0.5, 0.6) is 5.75 Å². The number of fused-ring (bicyclic) bond motifs is 1. The second-order valence-electron chi connectivity index (χ2n) is 6.31. The van der Waals surface area contributed by atoms with Gasteiger partial charge in [-0.1, -0.05) is 0 Å². The molecule has 142 valence electrons. The van der Waals surface area contributed by atoms with Crippen LogP contribution in [0, 0.1) is 5.82 Å². The van der Waals surface area contributed by atoms with Crippen molar-refractivity contribution >= 4 is 5.65 Å². The van der Waals surface area contributed by atoms with Gasteiger partial charge in [-0.2, -0.15) is 0 Å². The normalized spacial score (nSPS) is 19.6. The molecule has 0 bridgehead atoms. The Balaban J connectivity index is 1.34. The van der Waals surface area contributed by atoms with E-state index in [-0.39, 0.29) is 18.0 Å². The van der Waals surface area contributed by atoms with Crippen LogP contribution < -0.4 is 4.74 Å². The van der Waals surface area contributed by atoms with Gasteiger partial charge in [0.05, 0.1) is 31.7 Å². The van der Waals surface area contributed by atoms with E-state index >= 15 is 0 Å². The van der Waals surface area contributed by atoms with Crippen LogP contribution in [0.3, 0.4) is 0 Å². The predicted molar refractivity (Wildman–Crippen MR) is 97.4 cm³/mol. The number of halogens is 1. The van der Waals surface area contributed by atoms with E-state index in [2.05, 4.69) is 4.98 Å². The number of hydrogen-bond acceptors (Lipinski definition) is 5. The zero-order valence-corrected chi connectivity index (χ0v) is 15.0. The maximum Gasteiger partial charge on any atom is 0.139 e. The molecule has 2 atom stereocenters. The summed E-state index contributed by atoms with van der Waals surface area (Å²) in [5.74, 6) is 0.443. The molecule has 3 aromatic rings. The van der Waals surface area contributed by atoms with Crippen molar-refractivity contribution in [3.05, 3.63) is 54.6 Å². The topological polar surface area (TPSA) is 54.2 Å². The summed E-state index contributed by atoms with van der Waals surface area (Å²) in [6.07, 6.45) is 3.10. The standard InChI is InChI=1S/C20H21FN2O4/c1-24-18-12-25-13-19(18)27-9-8-26-16-5-2-14(3-6-16)17-10-22-20-7-4-15(21)11-23(17)20/h2-7,10-11,18-19H,8-9,12-13H2,1H3. The van der Waals surface area contributed by atoms with E-state index in [0.29, 0.717) is 32.1 Å². The summed E-state index contributed by atoms with van der Waals surface area (Å²) in [4.78, 5) is 4.30. The highest BCUT2D eigenvalue weighted by Crippen LogP contribution is 2.24. The van der Waals surface area contributed by atoms with E-state index in [1.165, 1.54) is 12.3 Å². The fourth-order valence-corrected chi connectivity index (χ4v) is 3.14. The lowest BCUT2D eigenvalue weighted by Crippen LogP contribution is -2.30. The van der Waals surface area contributed by atoms with Crippen LogP contribution in [0.2, 0.25) is 0 Å². The van der Waals surface area contributed by atoms with Crippen molar-refractivity contribution in [2.45, 2.75) is 12.2 Å². The fourth-order valence-electron chi connectivity index (χ4n) is 3.14. The third kappa shape index (κ3) is 3.95. The molecule has 1 aromatic carbocycles. The van der Waals surface area contributed by atoms with Gasteiger partial charge in [0, 0.05) is 18.9 Å². The monoisotopic (exact) mass is 372 g/mol. The summed E-state index contributed by atoms with van der Waals surface area (Å²) in [7, 11) is 1.66. The number of nitrogens with zero attached hydrogens (tertiary/aromatic N) is 2. The highest BCUT2D eigenvalue weighted by molar-refractivity contribution is 5.64. The average molecular weight is 372 g/mol. The Labute approximate surface area is 156 Å². The highest BCUT2D eigenvalue weighted by atomic mass is 19.1. The summed E-state index contributed by atoms with van der Waals surface area (Å²) >= 11 is 0. The minimum atomic E-state index is -0.301. The molecule has 1 aliphatic heterocycles. The maximum atomic E-state index is 13.5. The number of hydrogen-bond donors (Lipinski definition) is 0. The molecule has 0 radical (unpaired) electrons. The first-order valence-electron chi connectivity index (χ1n) is 8.82. The first-order chi connectivity index (χ1) is 13.2. The summed E-state index contributed by atoms with van der Waals surface area (Å²) < 4.78 is 37.4. The number of imidazole rings is 1. The molecule has 2 unspecified atom stereocenters. The second-order valence-corrected chi connectivity index (χ2v) is 6.31. The van der Waals surface area contributed by atoms with Crippen LogP contribution in [0.15, 0.2) is 48.8 Å². The molecule has 1 aliphatic rings. The quantitative estimate of drug-likeness (QED) is 0.597. The molecule has 2 aromatic heterocycles. The van der Waals surface area contributed by atoms with E-state index in [1.807, 2.05) is 24.3 Å². The number of benzene rings is 1. The summed E-state index contributed by atoms with van der Waals surface area (Å²) in [6.45, 7) is 2.01. The molecule has 27 heavy (non-hydrogen) atoms. The molecule has 0 aliphatic carbocycles. The molecular formula is C20H21FN2O4. The third-order valence-corrected chi connectivity index (χ3v) is 4.59. The molecule has 4 rings (SSSR count). The molecular weight excluding hydrogens is 351 g/mol. The van der Waals surface area contributed by atoms with Crippen LogP contribution >= 0.6 is 0 Å². The van der Waals surface area contributed by atoms with Crippen LogP contribution in [-0.2, 0) is 14.2 Å². The maximum absolute atomic E-state index is 13.5. The Morgan fingerprint density at radius 2 is 1.93 bits per heavy atom. The highest BCUT2D eigenvalue weighted by Gasteiger charge is 2.28. The Hall–Kier alpha value is -2.48. The third-order valence-electron chi connectivity index (χ3n) is 4.59. The van der Waals surface area contributed by atoms with Gasteiger partial charge in [0.25, 0.3) is 0 Å². The lowest BCUT2D eigenvalue weighted by Gasteiger charge is -2.17. The van der Waals surface area contributed by atoms with Crippen LogP contribution in [0.25, 0.3) is 16.9 Å². The van der Waals surface area contributed by atoms with Gasteiger partial charge in [0.2, 0.25) is 0 Å². The fraction of sp³-hybridized carbons (Fsp3) is 0.350. The number of rotatable bonds is 7. The first-order valence-corrected chi connectivity index (χ1v) is 8.82. The smallest absolute Gasteiger partial charge is 0.139 e. The van der Waals surface area contributed by atoms with Crippen molar-refractivity contribution in [1.82, 2.24) is 9.38 Å². The summed E-state index contributed by atoms with van der Waals surface area (Å²) in [5.41, 5.74) is 2.46. The molecule has 0 N–H and O–H groups in total. The summed E-state index contributed by atoms with van der Waals surface area (Å²) in [5, 5.41) is 0. The van der Waals surface area contributed by atoms with Crippen molar-refractivity contribution in [3.63, 3.8) is 0 Å². The van der Waals surface area contributed by atoms with Gasteiger partial charge in [0.15, 0.2) is 0 Å². The molecule has 6 nitrogen and oxygen atoms in total. The van der Waals surface area contributed by atoms with E-state index in [9.17, 15) is 4.39 Å². The van der Waals surface area contributed by atoms with Gasteiger partial charge in [-0.25, -0.2) is 9.37 Å². The Bertz CT molecular complexity index is 897. The second kappa shape index (κ2) is 8.04. The number of methoxy groups -OCH3 is 1. The molecule has 1 saturated heterocycles. The van der Waals surface area contributed by atoms with Gasteiger partial charge in [-0.3, -0.25) is 4.40 Å². The Morgan fingerprint density at radius 3 is 2.74 bits per heavy atom. The average Bonchev–Trinajstić information content (AvgIpc) is 3.32. The molecule has 0 amide bonds. The van der Waals surface area contributed by atoms with Crippen molar-refractivity contribution in [3.8, 4) is 17.0 Å². The minimum Gasteiger partial charge on any atom is -0.491 e. The van der Waals surface area contributed by atoms with Gasteiger partial charge >= 0.3 is 0 Å². The van der Waals surface area contributed by atoms with E-state index < -0.39 is 0 Å². The lowest BCUT2D eigenvalue weighted by atomic mass is 10.1. The molecule has 0 saturated carbocycles. The summed E-state index contributed by atoms with van der Waals surface area (Å²) in [6, 6.07) is 10.7.